The van der Waals surface area contributed by atoms with Crippen LogP contribution >= 0.6 is 11.3 Å². The Hall–Kier alpha value is -1.99. The van der Waals surface area contributed by atoms with Gasteiger partial charge in [-0.1, -0.05) is 13.8 Å². The van der Waals surface area contributed by atoms with Gasteiger partial charge in [0.1, 0.15) is 11.3 Å². The second-order valence-electron chi connectivity index (χ2n) is 6.57. The second-order valence-corrected chi connectivity index (χ2v) is 7.68. The number of thiophene rings is 1. The summed E-state index contributed by atoms with van der Waals surface area (Å²) in [4.78, 5) is 20.6. The minimum Gasteiger partial charge on any atom is -0.478 e. The van der Waals surface area contributed by atoms with Gasteiger partial charge in [-0.2, -0.15) is 0 Å². The molecule has 3 N–H and O–H groups in total. The van der Waals surface area contributed by atoms with Crippen molar-refractivity contribution in [1.29, 1.82) is 0 Å². The average molecular weight is 333 g/mol. The lowest BCUT2D eigenvalue weighted by molar-refractivity contribution is 0.0696. The molecular formula is C16H19N3O3S. The highest BCUT2D eigenvalue weighted by Crippen LogP contribution is 2.44. The Bertz CT molecular complexity index is 728. The lowest BCUT2D eigenvalue weighted by atomic mass is 9.76. The van der Waals surface area contributed by atoms with E-state index in [2.05, 4.69) is 29.1 Å². The molecule has 0 bridgehead atoms. The van der Waals surface area contributed by atoms with Crippen LogP contribution in [-0.2, 0) is 12.8 Å². The normalized spacial score (nSPS) is 17.3. The molecule has 1 atom stereocenters. The molecule has 0 fully saturated rings. The maximum atomic E-state index is 11.7. The summed E-state index contributed by atoms with van der Waals surface area (Å²) in [6.07, 6.45) is 6.00. The van der Waals surface area contributed by atoms with E-state index < -0.39 is 12.2 Å². The number of carboxylic acids is 1. The molecule has 1 unspecified atom stereocenters. The standard InChI is InChI=1S/C16H19N3O3S/c1-16(2)4-3-11-10(5-16)12(15(21)22)14(23-11)19-13(20)9-6-17-8-18-7-9/h6-8,13,19-20H,3-5H2,1-2H3,(H,21,22). The van der Waals surface area contributed by atoms with E-state index >= 15 is 0 Å². The summed E-state index contributed by atoms with van der Waals surface area (Å²) in [5, 5.41) is 23.3. The van der Waals surface area contributed by atoms with Crippen molar-refractivity contribution in [3.63, 3.8) is 0 Å². The first-order chi connectivity index (χ1) is 10.9. The number of nitrogens with one attached hydrogen (secondary N) is 1. The van der Waals surface area contributed by atoms with Gasteiger partial charge in [-0.05, 0) is 30.2 Å². The van der Waals surface area contributed by atoms with Crippen LogP contribution in [0.4, 0.5) is 5.00 Å². The number of nitrogens with zero attached hydrogens (tertiary/aromatic N) is 2. The number of aliphatic hydroxyl groups excluding tert-OH is 1. The molecule has 7 heteroatoms. The van der Waals surface area contributed by atoms with Crippen LogP contribution in [0.25, 0.3) is 0 Å². The van der Waals surface area contributed by atoms with Gasteiger partial charge in [0.2, 0.25) is 0 Å². The first-order valence-electron chi connectivity index (χ1n) is 7.45. The molecule has 0 spiro atoms. The molecule has 1 aliphatic rings. The molecule has 0 aromatic carbocycles. The SMILES string of the molecule is CC1(C)CCc2sc(NC(O)c3cncnc3)c(C(=O)O)c2C1. The number of carboxylic acid groups (broad SMARTS) is 1. The van der Waals surface area contributed by atoms with Gasteiger partial charge in [0.15, 0.2) is 6.23 Å². The molecule has 0 radical (unpaired) electrons. The molecule has 0 amide bonds. The monoisotopic (exact) mass is 333 g/mol. The van der Waals surface area contributed by atoms with Crippen LogP contribution in [0.2, 0.25) is 0 Å². The predicted octanol–water partition coefficient (Wildman–Crippen LogP) is 2.85. The van der Waals surface area contributed by atoms with Gasteiger partial charge in [0, 0.05) is 22.8 Å². The van der Waals surface area contributed by atoms with E-state index in [0.29, 0.717) is 10.6 Å². The molecule has 122 valence electrons. The number of anilines is 1. The van der Waals surface area contributed by atoms with Crippen LogP contribution in [0, 0.1) is 5.41 Å². The van der Waals surface area contributed by atoms with Crippen LogP contribution in [-0.4, -0.2) is 26.2 Å². The Kier molecular flexibility index (Phi) is 4.08. The maximum Gasteiger partial charge on any atom is 0.338 e. The minimum atomic E-state index is -1.04. The molecule has 6 nitrogen and oxygen atoms in total. The Morgan fingerprint density at radius 1 is 1.39 bits per heavy atom. The van der Waals surface area contributed by atoms with E-state index in [1.54, 1.807) is 0 Å². The highest BCUT2D eigenvalue weighted by atomic mass is 32.1. The Balaban J connectivity index is 1.94. The van der Waals surface area contributed by atoms with Crippen LogP contribution in [0.3, 0.4) is 0 Å². The number of aromatic carboxylic acids is 1. The van der Waals surface area contributed by atoms with Crippen LogP contribution in [0.5, 0.6) is 0 Å². The summed E-state index contributed by atoms with van der Waals surface area (Å²) in [5.74, 6) is -0.959. The number of fused-ring (bicyclic) bond motifs is 1. The average Bonchev–Trinajstić information content (AvgIpc) is 2.84. The third-order valence-electron chi connectivity index (χ3n) is 4.15. The number of aromatic nitrogens is 2. The second kappa shape index (κ2) is 5.90. The van der Waals surface area contributed by atoms with E-state index in [-0.39, 0.29) is 11.0 Å². The Morgan fingerprint density at radius 2 is 2.09 bits per heavy atom. The number of carbonyl (C=O) groups is 1. The summed E-state index contributed by atoms with van der Waals surface area (Å²) >= 11 is 1.42. The number of aryl methyl sites for hydroxylation is 1. The van der Waals surface area contributed by atoms with Crippen molar-refractivity contribution in [3.05, 3.63) is 40.3 Å². The van der Waals surface area contributed by atoms with Gasteiger partial charge in [-0.25, -0.2) is 14.8 Å². The van der Waals surface area contributed by atoms with Crippen LogP contribution < -0.4 is 5.32 Å². The number of hydrogen-bond acceptors (Lipinski definition) is 6. The first-order valence-corrected chi connectivity index (χ1v) is 8.26. The van der Waals surface area contributed by atoms with Crippen molar-refractivity contribution < 1.29 is 15.0 Å². The number of rotatable bonds is 4. The summed E-state index contributed by atoms with van der Waals surface area (Å²) in [5.41, 5.74) is 1.78. The molecule has 0 aliphatic heterocycles. The lowest BCUT2D eigenvalue weighted by Crippen LogP contribution is -2.22. The predicted molar refractivity (Wildman–Crippen MR) is 87.7 cm³/mol. The highest BCUT2D eigenvalue weighted by molar-refractivity contribution is 7.16. The van der Waals surface area contributed by atoms with Crippen molar-refractivity contribution in [1.82, 2.24) is 9.97 Å². The fourth-order valence-electron chi connectivity index (χ4n) is 2.91. The maximum absolute atomic E-state index is 11.7. The Labute approximate surface area is 138 Å². The molecular weight excluding hydrogens is 314 g/mol. The summed E-state index contributed by atoms with van der Waals surface area (Å²) in [6.45, 7) is 4.31. The van der Waals surface area contributed by atoms with E-state index in [1.807, 2.05) is 0 Å². The molecule has 2 aromatic heterocycles. The first kappa shape index (κ1) is 15.9. The van der Waals surface area contributed by atoms with Gasteiger partial charge in [-0.15, -0.1) is 11.3 Å². The van der Waals surface area contributed by atoms with Crippen molar-refractivity contribution in [3.8, 4) is 0 Å². The topological polar surface area (TPSA) is 95.3 Å². The van der Waals surface area contributed by atoms with Crippen molar-refractivity contribution >= 4 is 22.3 Å². The zero-order chi connectivity index (χ0) is 16.6. The van der Waals surface area contributed by atoms with Crippen LogP contribution in [0.1, 0.15) is 52.9 Å². The molecule has 3 rings (SSSR count). The summed E-state index contributed by atoms with van der Waals surface area (Å²) in [6, 6.07) is 0. The zero-order valence-corrected chi connectivity index (χ0v) is 13.9. The van der Waals surface area contributed by atoms with E-state index in [0.717, 1.165) is 29.7 Å². The van der Waals surface area contributed by atoms with Gasteiger partial charge in [0.25, 0.3) is 0 Å². The summed E-state index contributed by atoms with van der Waals surface area (Å²) < 4.78 is 0. The minimum absolute atomic E-state index is 0.0986. The van der Waals surface area contributed by atoms with Crippen LogP contribution in [0.15, 0.2) is 18.7 Å². The molecule has 1 aliphatic carbocycles. The highest BCUT2D eigenvalue weighted by Gasteiger charge is 2.33. The van der Waals surface area contributed by atoms with E-state index in [9.17, 15) is 15.0 Å². The van der Waals surface area contributed by atoms with Gasteiger partial charge in [-0.3, -0.25) is 0 Å². The quantitative estimate of drug-likeness (QED) is 0.745. The smallest absolute Gasteiger partial charge is 0.338 e. The lowest BCUT2D eigenvalue weighted by Gasteiger charge is -2.29. The molecule has 23 heavy (non-hydrogen) atoms. The zero-order valence-electron chi connectivity index (χ0n) is 13.0. The third kappa shape index (κ3) is 3.20. The fourth-order valence-corrected chi connectivity index (χ4v) is 4.14. The van der Waals surface area contributed by atoms with Gasteiger partial charge in [0.05, 0.1) is 5.56 Å². The Morgan fingerprint density at radius 3 is 2.74 bits per heavy atom. The van der Waals surface area contributed by atoms with E-state index in [4.69, 9.17) is 0 Å². The summed E-state index contributed by atoms with van der Waals surface area (Å²) in [7, 11) is 0. The van der Waals surface area contributed by atoms with Gasteiger partial charge >= 0.3 is 5.97 Å². The van der Waals surface area contributed by atoms with Crippen molar-refractivity contribution in [2.75, 3.05) is 5.32 Å². The molecule has 0 saturated heterocycles. The van der Waals surface area contributed by atoms with Gasteiger partial charge < -0.3 is 15.5 Å². The van der Waals surface area contributed by atoms with Crippen molar-refractivity contribution in [2.24, 2.45) is 5.41 Å². The molecule has 2 aromatic rings. The van der Waals surface area contributed by atoms with Crippen molar-refractivity contribution in [2.45, 2.75) is 39.3 Å². The van der Waals surface area contributed by atoms with E-state index in [1.165, 1.54) is 30.1 Å². The largest absolute Gasteiger partial charge is 0.478 e. The number of aliphatic hydroxyl groups is 1. The molecule has 0 saturated carbocycles. The third-order valence-corrected chi connectivity index (χ3v) is 5.38. The number of hydrogen-bond donors (Lipinski definition) is 3. The molecule has 2 heterocycles. The fraction of sp³-hybridized carbons (Fsp3) is 0.438.